The zero-order valence-corrected chi connectivity index (χ0v) is 7.33. The number of phenols is 1. The van der Waals surface area contributed by atoms with Crippen LogP contribution >= 0.6 is 0 Å². The van der Waals surface area contributed by atoms with Gasteiger partial charge in [-0.3, -0.25) is 0 Å². The molecule has 0 fully saturated rings. The number of anilines is 1. The Morgan fingerprint density at radius 2 is 2.15 bits per heavy atom. The summed E-state index contributed by atoms with van der Waals surface area (Å²) in [5.41, 5.74) is 7.15. The summed E-state index contributed by atoms with van der Waals surface area (Å²) in [6.07, 6.45) is 0.762. The fourth-order valence-electron chi connectivity index (χ4n) is 1.49. The van der Waals surface area contributed by atoms with Crippen LogP contribution in [0.1, 0.15) is 12.5 Å². The van der Waals surface area contributed by atoms with Crippen molar-refractivity contribution in [1.82, 2.24) is 0 Å². The van der Waals surface area contributed by atoms with Crippen LogP contribution < -0.4 is 15.2 Å². The molecule has 3 N–H and O–H groups in total. The predicted octanol–water partition coefficient (Wildman–Crippen LogP) is 1.27. The maximum Gasteiger partial charge on any atom is 0.231 e. The second kappa shape index (κ2) is 2.73. The maximum atomic E-state index is 9.45. The molecule has 13 heavy (non-hydrogen) atoms. The highest BCUT2D eigenvalue weighted by molar-refractivity contribution is 5.67. The van der Waals surface area contributed by atoms with Crippen molar-refractivity contribution < 1.29 is 14.6 Å². The molecule has 4 nitrogen and oxygen atoms in total. The Labute approximate surface area is 75.9 Å². The van der Waals surface area contributed by atoms with E-state index in [1.54, 1.807) is 0 Å². The molecule has 0 spiro atoms. The van der Waals surface area contributed by atoms with Crippen molar-refractivity contribution in [2.24, 2.45) is 0 Å². The van der Waals surface area contributed by atoms with E-state index < -0.39 is 0 Å². The van der Waals surface area contributed by atoms with Gasteiger partial charge in [0.15, 0.2) is 11.5 Å². The SMILES string of the molecule is CCc1c(N)cc(O)c2c1OCO2. The van der Waals surface area contributed by atoms with E-state index in [4.69, 9.17) is 15.2 Å². The smallest absolute Gasteiger partial charge is 0.231 e. The molecule has 0 atom stereocenters. The molecule has 0 saturated heterocycles. The molecule has 1 aromatic carbocycles. The van der Waals surface area contributed by atoms with Gasteiger partial charge in [-0.25, -0.2) is 0 Å². The molecular weight excluding hydrogens is 170 g/mol. The molecule has 70 valence electrons. The number of aromatic hydroxyl groups is 1. The first kappa shape index (κ1) is 8.04. The number of fused-ring (bicyclic) bond motifs is 1. The molecule has 1 aliphatic heterocycles. The van der Waals surface area contributed by atoms with Gasteiger partial charge in [-0.05, 0) is 6.42 Å². The molecule has 0 radical (unpaired) electrons. The molecule has 0 amide bonds. The van der Waals surface area contributed by atoms with Crippen LogP contribution in [0.4, 0.5) is 5.69 Å². The van der Waals surface area contributed by atoms with E-state index in [0.717, 1.165) is 12.0 Å². The first-order valence-corrected chi connectivity index (χ1v) is 4.14. The van der Waals surface area contributed by atoms with E-state index in [1.807, 2.05) is 6.92 Å². The van der Waals surface area contributed by atoms with E-state index in [-0.39, 0.29) is 12.5 Å². The second-order valence-electron chi connectivity index (χ2n) is 2.88. The monoisotopic (exact) mass is 181 g/mol. The Bertz CT molecular complexity index is 349. The van der Waals surface area contributed by atoms with Crippen LogP contribution in [0.3, 0.4) is 0 Å². The quantitative estimate of drug-likeness (QED) is 0.640. The summed E-state index contributed by atoms with van der Waals surface area (Å²) in [4.78, 5) is 0. The zero-order valence-electron chi connectivity index (χ0n) is 7.33. The predicted molar refractivity (Wildman–Crippen MR) is 48.0 cm³/mol. The molecule has 0 aromatic heterocycles. The third-order valence-electron chi connectivity index (χ3n) is 2.11. The first-order valence-electron chi connectivity index (χ1n) is 4.14. The standard InChI is InChI=1S/C9H11NO3/c1-2-5-6(10)3-7(11)9-8(5)12-4-13-9/h3,11H,2,4,10H2,1H3. The Balaban J connectivity index is 2.65. The lowest BCUT2D eigenvalue weighted by molar-refractivity contribution is 0.171. The van der Waals surface area contributed by atoms with Gasteiger partial charge in [-0.15, -0.1) is 0 Å². The van der Waals surface area contributed by atoms with E-state index in [0.29, 0.717) is 17.2 Å². The largest absolute Gasteiger partial charge is 0.504 e. The normalized spacial score (nSPS) is 13.3. The fourth-order valence-corrected chi connectivity index (χ4v) is 1.49. The van der Waals surface area contributed by atoms with Crippen LogP contribution in [-0.2, 0) is 6.42 Å². The average molecular weight is 181 g/mol. The molecule has 1 heterocycles. The summed E-state index contributed by atoms with van der Waals surface area (Å²) < 4.78 is 10.3. The highest BCUT2D eigenvalue weighted by atomic mass is 16.7. The number of nitrogens with two attached hydrogens (primary N) is 1. The number of hydrogen-bond acceptors (Lipinski definition) is 4. The highest BCUT2D eigenvalue weighted by Crippen LogP contribution is 2.45. The summed E-state index contributed by atoms with van der Waals surface area (Å²) in [7, 11) is 0. The maximum absolute atomic E-state index is 9.45. The van der Waals surface area contributed by atoms with Crippen molar-refractivity contribution in [2.45, 2.75) is 13.3 Å². The minimum atomic E-state index is 0.0437. The van der Waals surface area contributed by atoms with Gasteiger partial charge in [0.2, 0.25) is 12.5 Å². The number of phenolic OH excluding ortho intramolecular Hbond substituents is 1. The highest BCUT2D eigenvalue weighted by Gasteiger charge is 2.23. The van der Waals surface area contributed by atoms with Gasteiger partial charge >= 0.3 is 0 Å². The van der Waals surface area contributed by atoms with Gasteiger partial charge in [0.05, 0.1) is 0 Å². The Hall–Kier alpha value is -1.58. The van der Waals surface area contributed by atoms with E-state index in [2.05, 4.69) is 0 Å². The van der Waals surface area contributed by atoms with Crippen molar-refractivity contribution in [3.8, 4) is 17.2 Å². The molecule has 0 aliphatic carbocycles. The second-order valence-corrected chi connectivity index (χ2v) is 2.88. The Morgan fingerprint density at radius 3 is 2.85 bits per heavy atom. The van der Waals surface area contributed by atoms with Crippen molar-refractivity contribution >= 4 is 5.69 Å². The molecule has 1 aromatic rings. The minimum absolute atomic E-state index is 0.0437. The fraction of sp³-hybridized carbons (Fsp3) is 0.333. The van der Waals surface area contributed by atoms with Gasteiger partial charge < -0.3 is 20.3 Å². The third kappa shape index (κ3) is 1.06. The summed E-state index contributed by atoms with van der Waals surface area (Å²) in [5.74, 6) is 1.04. The zero-order chi connectivity index (χ0) is 9.42. The minimum Gasteiger partial charge on any atom is -0.504 e. The van der Waals surface area contributed by atoms with Crippen LogP contribution in [0, 0.1) is 0 Å². The molecule has 0 unspecified atom stereocenters. The summed E-state index contributed by atoms with van der Waals surface area (Å²) in [6.45, 7) is 2.13. The van der Waals surface area contributed by atoms with Crippen molar-refractivity contribution in [3.05, 3.63) is 11.6 Å². The van der Waals surface area contributed by atoms with Crippen LogP contribution in [0.15, 0.2) is 6.07 Å². The average Bonchev–Trinajstić information content (AvgIpc) is 2.53. The summed E-state index contributed by atoms with van der Waals surface area (Å²) in [6, 6.07) is 1.49. The van der Waals surface area contributed by atoms with Gasteiger partial charge in [0.25, 0.3) is 0 Å². The van der Waals surface area contributed by atoms with Gasteiger partial charge in [-0.2, -0.15) is 0 Å². The molecular formula is C9H11NO3. The Morgan fingerprint density at radius 1 is 1.46 bits per heavy atom. The number of ether oxygens (including phenoxy) is 2. The van der Waals surface area contributed by atoms with Crippen LogP contribution in [0.25, 0.3) is 0 Å². The van der Waals surface area contributed by atoms with Crippen LogP contribution in [0.5, 0.6) is 17.2 Å². The Kier molecular flexibility index (Phi) is 1.69. The van der Waals surface area contributed by atoms with Gasteiger partial charge in [0.1, 0.15) is 0 Å². The molecule has 1 aliphatic rings. The van der Waals surface area contributed by atoms with E-state index in [9.17, 15) is 5.11 Å². The lowest BCUT2D eigenvalue weighted by Crippen LogP contribution is -1.96. The number of nitrogen functional groups attached to an aromatic ring is 1. The third-order valence-corrected chi connectivity index (χ3v) is 2.11. The van der Waals surface area contributed by atoms with Crippen LogP contribution in [0.2, 0.25) is 0 Å². The summed E-state index contributed by atoms with van der Waals surface area (Å²) >= 11 is 0. The molecule has 4 heteroatoms. The number of benzene rings is 1. The van der Waals surface area contributed by atoms with Gasteiger partial charge in [0, 0.05) is 17.3 Å². The van der Waals surface area contributed by atoms with E-state index in [1.165, 1.54) is 6.07 Å². The topological polar surface area (TPSA) is 64.7 Å². The van der Waals surface area contributed by atoms with E-state index >= 15 is 0 Å². The summed E-state index contributed by atoms with van der Waals surface area (Å²) in [5, 5.41) is 9.45. The van der Waals surface area contributed by atoms with Crippen molar-refractivity contribution in [1.29, 1.82) is 0 Å². The molecule has 0 saturated carbocycles. The molecule has 2 rings (SSSR count). The first-order chi connectivity index (χ1) is 6.24. The lowest BCUT2D eigenvalue weighted by atomic mass is 10.1. The van der Waals surface area contributed by atoms with Crippen molar-refractivity contribution in [3.63, 3.8) is 0 Å². The number of hydrogen-bond donors (Lipinski definition) is 2. The number of rotatable bonds is 1. The van der Waals surface area contributed by atoms with Gasteiger partial charge in [-0.1, -0.05) is 6.92 Å². The lowest BCUT2D eigenvalue weighted by Gasteiger charge is -2.07. The van der Waals surface area contributed by atoms with Crippen LogP contribution in [-0.4, -0.2) is 11.9 Å². The van der Waals surface area contributed by atoms with Crippen molar-refractivity contribution in [2.75, 3.05) is 12.5 Å². The molecule has 0 bridgehead atoms.